The first-order valence-corrected chi connectivity index (χ1v) is 6.15. The second-order valence-corrected chi connectivity index (χ2v) is 4.43. The van der Waals surface area contributed by atoms with Gasteiger partial charge in [-0.05, 0) is 24.8 Å². The lowest BCUT2D eigenvalue weighted by Crippen LogP contribution is -2.25. The minimum atomic E-state index is 0.811. The quantitative estimate of drug-likeness (QED) is 0.452. The van der Waals surface area contributed by atoms with Gasteiger partial charge in [-0.2, -0.15) is 5.10 Å². The Balaban J connectivity index is 1.94. The van der Waals surface area contributed by atoms with E-state index in [1.54, 1.807) is 6.21 Å². The van der Waals surface area contributed by atoms with Gasteiger partial charge < -0.3 is 0 Å². The lowest BCUT2D eigenvalue weighted by Gasteiger charge is -2.23. The maximum absolute atomic E-state index is 5.31. The Hall–Kier alpha value is -1.22. The van der Waals surface area contributed by atoms with E-state index in [9.17, 15) is 0 Å². The third kappa shape index (κ3) is 3.14. The molecule has 16 heavy (non-hydrogen) atoms. The van der Waals surface area contributed by atoms with Crippen LogP contribution in [-0.4, -0.2) is 29.2 Å². The Morgan fingerprint density at radius 3 is 2.50 bits per heavy atom. The van der Waals surface area contributed by atoms with E-state index >= 15 is 0 Å². The zero-order valence-electron chi connectivity index (χ0n) is 9.30. The van der Waals surface area contributed by atoms with Gasteiger partial charge in [-0.3, -0.25) is 5.01 Å². The van der Waals surface area contributed by atoms with E-state index in [0.717, 1.165) is 23.5 Å². The summed E-state index contributed by atoms with van der Waals surface area (Å²) in [7, 11) is 0. The van der Waals surface area contributed by atoms with E-state index in [4.69, 9.17) is 12.2 Å². The van der Waals surface area contributed by atoms with E-state index < -0.39 is 0 Å². The monoisotopic (exact) mass is 232 g/mol. The molecule has 1 aliphatic heterocycles. The first kappa shape index (κ1) is 11.3. The van der Waals surface area contributed by atoms with Gasteiger partial charge in [0.15, 0.2) is 0 Å². The van der Waals surface area contributed by atoms with Crippen molar-refractivity contribution in [2.45, 2.75) is 19.3 Å². The highest BCUT2D eigenvalue weighted by Gasteiger charge is 2.06. The lowest BCUT2D eigenvalue weighted by molar-refractivity contribution is 0.241. The van der Waals surface area contributed by atoms with E-state index in [1.807, 2.05) is 30.3 Å². The van der Waals surface area contributed by atoms with Crippen LogP contribution in [0.4, 0.5) is 0 Å². The van der Waals surface area contributed by atoms with Gasteiger partial charge in [0.05, 0.1) is 11.1 Å². The second kappa shape index (κ2) is 5.75. The standard InChI is InChI=1S/C13H16N2S/c16-13(12-7-3-1-4-8-12)11-14-15-9-5-2-6-10-15/h1,3-4,7-8,11H,2,5-6,9-10H2/b14-11+. The van der Waals surface area contributed by atoms with Crippen LogP contribution in [0.3, 0.4) is 0 Å². The molecule has 2 nitrogen and oxygen atoms in total. The molecule has 0 atom stereocenters. The summed E-state index contributed by atoms with van der Waals surface area (Å²) in [6.07, 6.45) is 5.62. The van der Waals surface area contributed by atoms with Crippen molar-refractivity contribution in [3.63, 3.8) is 0 Å². The molecule has 1 aromatic rings. The first-order chi connectivity index (χ1) is 7.86. The molecular weight excluding hydrogens is 216 g/mol. The number of piperidine rings is 1. The van der Waals surface area contributed by atoms with Crippen LogP contribution >= 0.6 is 12.2 Å². The van der Waals surface area contributed by atoms with E-state index in [1.165, 1.54) is 19.3 Å². The summed E-state index contributed by atoms with van der Waals surface area (Å²) in [5, 5.41) is 6.54. The minimum absolute atomic E-state index is 0.811. The molecule has 0 N–H and O–H groups in total. The van der Waals surface area contributed by atoms with Gasteiger partial charge in [0.1, 0.15) is 0 Å². The zero-order chi connectivity index (χ0) is 11.2. The van der Waals surface area contributed by atoms with Crippen molar-refractivity contribution < 1.29 is 0 Å². The number of hydrogen-bond acceptors (Lipinski definition) is 3. The Morgan fingerprint density at radius 1 is 1.12 bits per heavy atom. The van der Waals surface area contributed by atoms with Crippen molar-refractivity contribution >= 4 is 23.3 Å². The Kier molecular flexibility index (Phi) is 4.05. The Morgan fingerprint density at radius 2 is 1.81 bits per heavy atom. The van der Waals surface area contributed by atoms with Crippen LogP contribution < -0.4 is 0 Å². The van der Waals surface area contributed by atoms with Crippen molar-refractivity contribution in [2.24, 2.45) is 5.10 Å². The topological polar surface area (TPSA) is 15.6 Å². The van der Waals surface area contributed by atoms with Crippen molar-refractivity contribution in [2.75, 3.05) is 13.1 Å². The molecule has 3 heteroatoms. The normalized spacial score (nSPS) is 16.6. The minimum Gasteiger partial charge on any atom is -0.297 e. The highest BCUT2D eigenvalue weighted by atomic mass is 32.1. The number of thiocarbonyl (C=S) groups is 1. The summed E-state index contributed by atoms with van der Waals surface area (Å²) >= 11 is 5.31. The molecule has 1 heterocycles. The van der Waals surface area contributed by atoms with Crippen LogP contribution in [-0.2, 0) is 0 Å². The first-order valence-electron chi connectivity index (χ1n) is 5.74. The summed E-state index contributed by atoms with van der Waals surface area (Å²) in [5.74, 6) is 0. The molecule has 0 aliphatic carbocycles. The highest BCUT2D eigenvalue weighted by Crippen LogP contribution is 2.08. The average Bonchev–Trinajstić information content (AvgIpc) is 2.38. The molecule has 0 spiro atoms. The fourth-order valence-electron chi connectivity index (χ4n) is 1.80. The molecule has 1 aromatic carbocycles. The smallest absolute Gasteiger partial charge is 0.0657 e. The average molecular weight is 232 g/mol. The van der Waals surface area contributed by atoms with Crippen LogP contribution in [0.25, 0.3) is 0 Å². The molecule has 0 saturated carbocycles. The highest BCUT2D eigenvalue weighted by molar-refractivity contribution is 7.82. The summed E-state index contributed by atoms with van der Waals surface area (Å²) in [6, 6.07) is 10.0. The summed E-state index contributed by atoms with van der Waals surface area (Å²) in [5.41, 5.74) is 1.07. The second-order valence-electron chi connectivity index (χ2n) is 3.99. The predicted octanol–water partition coefficient (Wildman–Crippen LogP) is 2.88. The van der Waals surface area contributed by atoms with Crippen molar-refractivity contribution in [3.05, 3.63) is 35.9 Å². The largest absolute Gasteiger partial charge is 0.297 e. The van der Waals surface area contributed by atoms with Crippen LogP contribution in [0.1, 0.15) is 24.8 Å². The fraction of sp³-hybridized carbons (Fsp3) is 0.385. The van der Waals surface area contributed by atoms with E-state index in [-0.39, 0.29) is 0 Å². The van der Waals surface area contributed by atoms with Gasteiger partial charge in [0.2, 0.25) is 0 Å². The van der Waals surface area contributed by atoms with Gasteiger partial charge in [-0.25, -0.2) is 0 Å². The van der Waals surface area contributed by atoms with E-state index in [2.05, 4.69) is 10.1 Å². The number of hydrazone groups is 1. The fourth-order valence-corrected chi connectivity index (χ4v) is 1.99. The van der Waals surface area contributed by atoms with E-state index in [0.29, 0.717) is 0 Å². The van der Waals surface area contributed by atoms with Crippen LogP contribution in [0, 0.1) is 0 Å². The third-order valence-corrected chi connectivity index (χ3v) is 3.07. The number of hydrogen-bond donors (Lipinski definition) is 0. The van der Waals surface area contributed by atoms with Crippen molar-refractivity contribution in [1.29, 1.82) is 0 Å². The van der Waals surface area contributed by atoms with Gasteiger partial charge in [-0.1, -0.05) is 42.5 Å². The summed E-state index contributed by atoms with van der Waals surface area (Å²) in [4.78, 5) is 0.811. The van der Waals surface area contributed by atoms with Gasteiger partial charge in [0, 0.05) is 13.1 Å². The summed E-state index contributed by atoms with van der Waals surface area (Å²) in [6.45, 7) is 2.13. The third-order valence-electron chi connectivity index (χ3n) is 2.73. The summed E-state index contributed by atoms with van der Waals surface area (Å²) < 4.78 is 0. The maximum atomic E-state index is 5.31. The van der Waals surface area contributed by atoms with Crippen molar-refractivity contribution in [3.8, 4) is 0 Å². The van der Waals surface area contributed by atoms with Gasteiger partial charge in [-0.15, -0.1) is 0 Å². The number of benzene rings is 1. The molecule has 0 amide bonds. The molecule has 1 fully saturated rings. The number of nitrogens with zero attached hydrogens (tertiary/aromatic N) is 2. The number of rotatable bonds is 3. The maximum Gasteiger partial charge on any atom is 0.0657 e. The molecule has 0 radical (unpaired) electrons. The van der Waals surface area contributed by atoms with Crippen LogP contribution in [0.15, 0.2) is 35.4 Å². The molecular formula is C13H16N2S. The SMILES string of the molecule is S=C(/C=N/N1CCCCC1)c1ccccc1. The predicted molar refractivity (Wildman–Crippen MR) is 72.1 cm³/mol. The molecule has 0 unspecified atom stereocenters. The van der Waals surface area contributed by atoms with Gasteiger partial charge >= 0.3 is 0 Å². The molecule has 0 bridgehead atoms. The molecule has 1 saturated heterocycles. The van der Waals surface area contributed by atoms with Crippen LogP contribution in [0.5, 0.6) is 0 Å². The Labute approximate surface area is 102 Å². The lowest BCUT2D eigenvalue weighted by atomic mass is 10.1. The van der Waals surface area contributed by atoms with Gasteiger partial charge in [0.25, 0.3) is 0 Å². The molecule has 84 valence electrons. The van der Waals surface area contributed by atoms with Crippen molar-refractivity contribution in [1.82, 2.24) is 5.01 Å². The zero-order valence-corrected chi connectivity index (χ0v) is 10.1. The molecule has 2 rings (SSSR count). The molecule has 1 aliphatic rings. The molecule has 0 aromatic heterocycles. The Bertz CT molecular complexity index is 367. The van der Waals surface area contributed by atoms with Crippen LogP contribution in [0.2, 0.25) is 0 Å².